The van der Waals surface area contributed by atoms with E-state index >= 15 is 0 Å². The minimum atomic E-state index is -0.224. The molecule has 156 valence electrons. The Morgan fingerprint density at radius 1 is 0.966 bits per heavy atom. The number of likely N-dealkylation sites (N-methyl/N-ethyl adjacent to an activating group) is 1. The molecule has 2 amide bonds. The van der Waals surface area contributed by atoms with E-state index in [2.05, 4.69) is 59.5 Å². The van der Waals surface area contributed by atoms with Crippen molar-refractivity contribution in [1.29, 1.82) is 0 Å². The van der Waals surface area contributed by atoms with E-state index in [0.29, 0.717) is 13.2 Å². The first-order chi connectivity index (χ1) is 13.9. The summed E-state index contributed by atoms with van der Waals surface area (Å²) in [5.41, 5.74) is 5.55. The summed E-state index contributed by atoms with van der Waals surface area (Å²) in [7, 11) is 2.15. The average molecular weight is 397 g/mol. The molecule has 1 aliphatic rings. The van der Waals surface area contributed by atoms with E-state index < -0.39 is 0 Å². The van der Waals surface area contributed by atoms with Crippen LogP contribution in [-0.4, -0.2) is 57.3 Å². The van der Waals surface area contributed by atoms with Gasteiger partial charge in [-0.2, -0.15) is 0 Å². The first-order valence-corrected chi connectivity index (χ1v) is 10.2. The molecule has 2 aromatic carbocycles. The van der Waals surface area contributed by atoms with E-state index in [1.54, 1.807) is 0 Å². The molecule has 2 aromatic rings. The van der Waals surface area contributed by atoms with E-state index in [-0.39, 0.29) is 6.03 Å². The summed E-state index contributed by atoms with van der Waals surface area (Å²) in [6, 6.07) is 12.0. The van der Waals surface area contributed by atoms with Crippen molar-refractivity contribution in [3.63, 3.8) is 0 Å². The lowest BCUT2D eigenvalue weighted by Gasteiger charge is -2.34. The molecule has 1 heterocycles. The van der Waals surface area contributed by atoms with E-state index in [0.717, 1.165) is 43.2 Å². The molecule has 0 radical (unpaired) electrons. The summed E-state index contributed by atoms with van der Waals surface area (Å²) in [5, 5.41) is 5.71. The number of carbonyl (C=O) groups excluding carboxylic acids is 1. The van der Waals surface area contributed by atoms with E-state index in [4.69, 9.17) is 4.74 Å². The van der Waals surface area contributed by atoms with Gasteiger partial charge in [0.05, 0.1) is 6.54 Å². The van der Waals surface area contributed by atoms with Gasteiger partial charge in [0, 0.05) is 37.6 Å². The predicted octanol–water partition coefficient (Wildman–Crippen LogP) is 3.56. The quantitative estimate of drug-likeness (QED) is 0.733. The van der Waals surface area contributed by atoms with Gasteiger partial charge >= 0.3 is 6.03 Å². The number of benzene rings is 2. The number of rotatable bonds is 6. The van der Waals surface area contributed by atoms with Gasteiger partial charge in [0.15, 0.2) is 0 Å². The fourth-order valence-corrected chi connectivity index (χ4v) is 3.41. The second-order valence-electron chi connectivity index (χ2n) is 7.77. The van der Waals surface area contributed by atoms with Crippen molar-refractivity contribution >= 4 is 17.4 Å². The summed E-state index contributed by atoms with van der Waals surface area (Å²) in [5.74, 6) is 0.870. The Morgan fingerprint density at radius 3 is 2.31 bits per heavy atom. The third kappa shape index (κ3) is 5.87. The number of aryl methyl sites for hydroxylation is 3. The molecule has 0 aliphatic carbocycles. The molecule has 0 bridgehead atoms. The molecule has 29 heavy (non-hydrogen) atoms. The number of amides is 2. The van der Waals surface area contributed by atoms with Crippen LogP contribution in [0.3, 0.4) is 0 Å². The lowest BCUT2D eigenvalue weighted by Crippen LogP contribution is -2.44. The van der Waals surface area contributed by atoms with Crippen molar-refractivity contribution < 1.29 is 9.53 Å². The number of hydrogen-bond donors (Lipinski definition) is 2. The summed E-state index contributed by atoms with van der Waals surface area (Å²) in [4.78, 5) is 16.8. The summed E-state index contributed by atoms with van der Waals surface area (Å²) < 4.78 is 5.81. The Bertz CT molecular complexity index is 828. The third-order valence-electron chi connectivity index (χ3n) is 5.43. The molecular weight excluding hydrogens is 364 g/mol. The number of ether oxygens (including phenoxy) is 1. The number of nitrogens with one attached hydrogen (secondary N) is 2. The molecular formula is C23H32N4O2. The van der Waals surface area contributed by atoms with Crippen molar-refractivity contribution in [3.8, 4) is 5.75 Å². The van der Waals surface area contributed by atoms with Crippen molar-refractivity contribution in [3.05, 3.63) is 53.1 Å². The van der Waals surface area contributed by atoms with Crippen LogP contribution in [0, 0.1) is 20.8 Å². The van der Waals surface area contributed by atoms with Crippen LogP contribution < -0.4 is 20.3 Å². The molecule has 0 spiro atoms. The van der Waals surface area contributed by atoms with Crippen LogP contribution in [-0.2, 0) is 0 Å². The third-order valence-corrected chi connectivity index (χ3v) is 5.43. The SMILES string of the molecule is Cc1cc(C)c(OCCNC(=O)Nc2ccc(N3CCN(C)CC3)cc2)cc1C. The van der Waals surface area contributed by atoms with Crippen LogP contribution in [0.1, 0.15) is 16.7 Å². The predicted molar refractivity (Wildman–Crippen MR) is 119 cm³/mol. The van der Waals surface area contributed by atoms with Gasteiger partial charge in [-0.05, 0) is 74.8 Å². The number of anilines is 2. The number of carbonyl (C=O) groups is 1. The number of piperazine rings is 1. The molecule has 1 fully saturated rings. The standard InChI is InChI=1S/C23H32N4O2/c1-17-15-19(3)22(16-18(17)2)29-14-9-24-23(28)25-20-5-7-21(8-6-20)27-12-10-26(4)11-13-27/h5-8,15-16H,9-14H2,1-4H3,(H2,24,25,28). The van der Waals surface area contributed by atoms with Crippen LogP contribution in [0.4, 0.5) is 16.2 Å². The first-order valence-electron chi connectivity index (χ1n) is 10.2. The highest BCUT2D eigenvalue weighted by atomic mass is 16.5. The van der Waals surface area contributed by atoms with E-state index in [1.165, 1.54) is 16.8 Å². The molecule has 0 atom stereocenters. The molecule has 0 saturated carbocycles. The second kappa shape index (κ2) is 9.65. The second-order valence-corrected chi connectivity index (χ2v) is 7.77. The maximum atomic E-state index is 12.1. The fourth-order valence-electron chi connectivity index (χ4n) is 3.41. The Labute approximate surface area is 173 Å². The van der Waals surface area contributed by atoms with Crippen LogP contribution in [0.2, 0.25) is 0 Å². The van der Waals surface area contributed by atoms with Crippen LogP contribution in [0.15, 0.2) is 36.4 Å². The van der Waals surface area contributed by atoms with Crippen molar-refractivity contribution in [2.24, 2.45) is 0 Å². The summed E-state index contributed by atoms with van der Waals surface area (Å²) in [6.07, 6.45) is 0. The summed E-state index contributed by atoms with van der Waals surface area (Å²) >= 11 is 0. The van der Waals surface area contributed by atoms with Crippen molar-refractivity contribution in [2.75, 3.05) is 56.6 Å². The van der Waals surface area contributed by atoms with Gasteiger partial charge in [-0.1, -0.05) is 6.07 Å². The highest BCUT2D eigenvalue weighted by molar-refractivity contribution is 5.89. The van der Waals surface area contributed by atoms with Gasteiger partial charge in [0.25, 0.3) is 0 Å². The Kier molecular flexibility index (Phi) is 6.99. The van der Waals surface area contributed by atoms with Gasteiger partial charge < -0.3 is 25.2 Å². The molecule has 2 N–H and O–H groups in total. The normalized spacial score (nSPS) is 14.6. The van der Waals surface area contributed by atoms with Crippen LogP contribution in [0.5, 0.6) is 5.75 Å². The maximum absolute atomic E-state index is 12.1. The van der Waals surface area contributed by atoms with Gasteiger partial charge in [-0.15, -0.1) is 0 Å². The lowest BCUT2D eigenvalue weighted by atomic mass is 10.1. The molecule has 3 rings (SSSR count). The number of urea groups is 1. The molecule has 1 saturated heterocycles. The molecule has 1 aliphatic heterocycles. The monoisotopic (exact) mass is 396 g/mol. The van der Waals surface area contributed by atoms with Crippen LogP contribution in [0.25, 0.3) is 0 Å². The Morgan fingerprint density at radius 2 is 1.62 bits per heavy atom. The van der Waals surface area contributed by atoms with Gasteiger partial charge in [0.2, 0.25) is 0 Å². The zero-order chi connectivity index (χ0) is 20.8. The first kappa shape index (κ1) is 21.0. The van der Waals surface area contributed by atoms with Gasteiger partial charge in [-0.25, -0.2) is 4.79 Å². The lowest BCUT2D eigenvalue weighted by molar-refractivity contribution is 0.247. The van der Waals surface area contributed by atoms with Crippen molar-refractivity contribution in [2.45, 2.75) is 20.8 Å². The molecule has 0 unspecified atom stereocenters. The molecule has 6 nitrogen and oxygen atoms in total. The minimum Gasteiger partial charge on any atom is -0.491 e. The number of hydrogen-bond acceptors (Lipinski definition) is 4. The Hall–Kier alpha value is -2.73. The maximum Gasteiger partial charge on any atom is 0.319 e. The zero-order valence-corrected chi connectivity index (χ0v) is 17.9. The molecule has 6 heteroatoms. The van der Waals surface area contributed by atoms with Gasteiger partial charge in [0.1, 0.15) is 12.4 Å². The average Bonchev–Trinajstić information content (AvgIpc) is 2.70. The molecule has 0 aromatic heterocycles. The van der Waals surface area contributed by atoms with Crippen LogP contribution >= 0.6 is 0 Å². The topological polar surface area (TPSA) is 56.8 Å². The highest BCUT2D eigenvalue weighted by Gasteiger charge is 2.14. The largest absolute Gasteiger partial charge is 0.491 e. The smallest absolute Gasteiger partial charge is 0.319 e. The van der Waals surface area contributed by atoms with Crippen molar-refractivity contribution in [1.82, 2.24) is 10.2 Å². The summed E-state index contributed by atoms with van der Waals surface area (Å²) in [6.45, 7) is 11.3. The van der Waals surface area contributed by atoms with E-state index in [9.17, 15) is 4.79 Å². The fraction of sp³-hybridized carbons (Fsp3) is 0.435. The highest BCUT2D eigenvalue weighted by Crippen LogP contribution is 2.22. The van der Waals surface area contributed by atoms with Gasteiger partial charge in [-0.3, -0.25) is 0 Å². The minimum absolute atomic E-state index is 0.224. The number of nitrogens with zero attached hydrogens (tertiary/aromatic N) is 2. The Balaban J connectivity index is 1.41. The zero-order valence-electron chi connectivity index (χ0n) is 17.9. The van der Waals surface area contributed by atoms with E-state index in [1.807, 2.05) is 25.1 Å².